The molecule has 6 heteroatoms. The fraction of sp³-hybridized carbons (Fsp3) is 0.0417. The number of carbonyl (C=O) groups excluding carboxylic acids is 1. The van der Waals surface area contributed by atoms with Gasteiger partial charge in [0.2, 0.25) is 0 Å². The summed E-state index contributed by atoms with van der Waals surface area (Å²) >= 11 is 0. The molecule has 1 heterocycles. The first-order chi connectivity index (χ1) is 14.5. The maximum atomic E-state index is 12.7. The average Bonchev–Trinajstić information content (AvgIpc) is 2.75. The molecule has 0 radical (unpaired) electrons. The van der Waals surface area contributed by atoms with Crippen LogP contribution in [0.15, 0.2) is 94.6 Å². The average molecular weight is 397 g/mol. The Labute approximate surface area is 172 Å². The first kappa shape index (κ1) is 19.1. The molecule has 0 fully saturated rings. The highest BCUT2D eigenvalue weighted by molar-refractivity contribution is 6.05. The van der Waals surface area contributed by atoms with Crippen molar-refractivity contribution in [1.29, 1.82) is 0 Å². The van der Waals surface area contributed by atoms with E-state index in [2.05, 4.69) is 16.4 Å². The van der Waals surface area contributed by atoms with Crippen molar-refractivity contribution in [2.45, 2.75) is 6.92 Å². The molecule has 0 unspecified atom stereocenters. The van der Waals surface area contributed by atoms with Crippen LogP contribution in [0.25, 0.3) is 16.8 Å². The van der Waals surface area contributed by atoms with E-state index in [1.54, 1.807) is 30.3 Å². The minimum Gasteiger partial charge on any atom is -0.322 e. The van der Waals surface area contributed by atoms with Crippen LogP contribution in [0.5, 0.6) is 0 Å². The topological polar surface area (TPSA) is 84.0 Å². The van der Waals surface area contributed by atoms with E-state index in [4.69, 9.17) is 0 Å². The third-order valence-corrected chi connectivity index (χ3v) is 4.70. The van der Waals surface area contributed by atoms with Crippen molar-refractivity contribution in [3.05, 3.63) is 117 Å². The van der Waals surface area contributed by atoms with E-state index in [0.29, 0.717) is 16.9 Å². The number of H-pyrrole nitrogens is 1. The van der Waals surface area contributed by atoms with Crippen LogP contribution < -0.4 is 16.6 Å². The van der Waals surface area contributed by atoms with Gasteiger partial charge in [0.25, 0.3) is 11.5 Å². The van der Waals surface area contributed by atoms with Gasteiger partial charge in [0, 0.05) is 23.5 Å². The summed E-state index contributed by atoms with van der Waals surface area (Å²) in [6, 6.07) is 23.6. The number of aromatic nitrogens is 2. The number of nitrogens with one attached hydrogen (secondary N) is 2. The van der Waals surface area contributed by atoms with Crippen LogP contribution in [0.1, 0.15) is 15.9 Å². The lowest BCUT2D eigenvalue weighted by molar-refractivity contribution is 0.102. The normalized spacial score (nSPS) is 10.6. The Morgan fingerprint density at radius 3 is 2.27 bits per heavy atom. The highest BCUT2D eigenvalue weighted by atomic mass is 16.2. The van der Waals surface area contributed by atoms with E-state index in [-0.39, 0.29) is 5.91 Å². The number of hydrogen-bond donors (Lipinski definition) is 2. The maximum absolute atomic E-state index is 12.7. The van der Waals surface area contributed by atoms with Gasteiger partial charge < -0.3 is 5.32 Å². The number of aromatic amines is 1. The van der Waals surface area contributed by atoms with Crippen LogP contribution >= 0.6 is 0 Å². The monoisotopic (exact) mass is 397 g/mol. The molecule has 0 saturated carbocycles. The number of nitrogens with zero attached hydrogens (tertiary/aromatic N) is 1. The van der Waals surface area contributed by atoms with Gasteiger partial charge in [-0.3, -0.25) is 19.1 Å². The Morgan fingerprint density at radius 1 is 0.867 bits per heavy atom. The standard InChI is InChI=1S/C24H19N3O3/c1-16-4-2-5-17(14-16)18-6-3-7-19(15-18)23(29)25-20-8-10-21(11-9-20)27-13-12-22(28)26-24(27)30/h2-15H,1H3,(H,25,29)(H,26,28,30). The van der Waals surface area contributed by atoms with Gasteiger partial charge in [-0.05, 0) is 54.4 Å². The molecule has 3 aromatic carbocycles. The van der Waals surface area contributed by atoms with Gasteiger partial charge in [-0.15, -0.1) is 0 Å². The summed E-state index contributed by atoms with van der Waals surface area (Å²) in [4.78, 5) is 38.0. The minimum absolute atomic E-state index is 0.224. The molecule has 0 aliphatic rings. The number of rotatable bonds is 4. The van der Waals surface area contributed by atoms with Gasteiger partial charge >= 0.3 is 5.69 Å². The zero-order valence-corrected chi connectivity index (χ0v) is 16.3. The first-order valence-corrected chi connectivity index (χ1v) is 9.40. The summed E-state index contributed by atoms with van der Waals surface area (Å²) in [6.45, 7) is 2.03. The lowest BCUT2D eigenvalue weighted by Crippen LogP contribution is -2.27. The zero-order valence-electron chi connectivity index (χ0n) is 16.3. The summed E-state index contributed by atoms with van der Waals surface area (Å²) in [5.41, 5.74) is 3.94. The van der Waals surface area contributed by atoms with Crippen LogP contribution in [0.3, 0.4) is 0 Å². The van der Waals surface area contributed by atoms with Crippen LogP contribution in [0.4, 0.5) is 5.69 Å². The molecule has 1 amide bonds. The van der Waals surface area contributed by atoms with Gasteiger partial charge in [-0.1, -0.05) is 42.0 Å². The molecule has 6 nitrogen and oxygen atoms in total. The van der Waals surface area contributed by atoms with E-state index >= 15 is 0 Å². The molecule has 4 rings (SSSR count). The molecule has 2 N–H and O–H groups in total. The molecular weight excluding hydrogens is 378 g/mol. The van der Waals surface area contributed by atoms with Gasteiger partial charge in [0.1, 0.15) is 0 Å². The van der Waals surface area contributed by atoms with Crippen molar-refractivity contribution in [1.82, 2.24) is 9.55 Å². The molecule has 0 aliphatic carbocycles. The SMILES string of the molecule is Cc1cccc(-c2cccc(C(=O)Nc3ccc(-n4ccc(=O)[nH]c4=O)cc3)c2)c1. The Bertz CT molecular complexity index is 1330. The molecule has 0 bridgehead atoms. The molecule has 4 aromatic rings. The van der Waals surface area contributed by atoms with E-state index < -0.39 is 11.2 Å². The summed E-state index contributed by atoms with van der Waals surface area (Å²) in [5.74, 6) is -0.224. The second-order valence-electron chi connectivity index (χ2n) is 6.93. The van der Waals surface area contributed by atoms with Crippen molar-refractivity contribution < 1.29 is 4.79 Å². The van der Waals surface area contributed by atoms with Crippen LogP contribution in [0, 0.1) is 6.92 Å². The Hall–Kier alpha value is -4.19. The molecule has 0 saturated heterocycles. The second kappa shape index (κ2) is 8.05. The largest absolute Gasteiger partial charge is 0.332 e. The minimum atomic E-state index is -0.521. The summed E-state index contributed by atoms with van der Waals surface area (Å²) in [6.07, 6.45) is 1.41. The van der Waals surface area contributed by atoms with Gasteiger partial charge in [0.05, 0.1) is 5.69 Å². The number of carbonyl (C=O) groups is 1. The third-order valence-electron chi connectivity index (χ3n) is 4.70. The predicted molar refractivity (Wildman–Crippen MR) is 117 cm³/mol. The summed E-state index contributed by atoms with van der Waals surface area (Å²) in [5, 5.41) is 2.87. The Morgan fingerprint density at radius 2 is 1.57 bits per heavy atom. The second-order valence-corrected chi connectivity index (χ2v) is 6.93. The number of hydrogen-bond acceptors (Lipinski definition) is 3. The van der Waals surface area contributed by atoms with Gasteiger partial charge in [-0.25, -0.2) is 4.79 Å². The Kier molecular flexibility index (Phi) is 5.13. The first-order valence-electron chi connectivity index (χ1n) is 9.40. The lowest BCUT2D eigenvalue weighted by atomic mass is 10.0. The molecule has 1 aromatic heterocycles. The van der Waals surface area contributed by atoms with Crippen LogP contribution in [0.2, 0.25) is 0 Å². The molecule has 148 valence electrons. The fourth-order valence-corrected chi connectivity index (χ4v) is 3.19. The van der Waals surface area contributed by atoms with Crippen molar-refractivity contribution in [2.24, 2.45) is 0 Å². The number of amides is 1. The molecule has 30 heavy (non-hydrogen) atoms. The Balaban J connectivity index is 1.53. The third kappa shape index (κ3) is 4.12. The number of aryl methyl sites for hydroxylation is 1. The molecular formula is C24H19N3O3. The van der Waals surface area contributed by atoms with Crippen molar-refractivity contribution in [2.75, 3.05) is 5.32 Å². The smallest absolute Gasteiger partial charge is 0.322 e. The van der Waals surface area contributed by atoms with Crippen molar-refractivity contribution >= 4 is 11.6 Å². The van der Waals surface area contributed by atoms with E-state index in [1.807, 2.05) is 43.3 Å². The molecule has 0 atom stereocenters. The lowest BCUT2D eigenvalue weighted by Gasteiger charge is -2.09. The zero-order chi connectivity index (χ0) is 21.1. The highest BCUT2D eigenvalue weighted by Crippen LogP contribution is 2.22. The number of anilines is 1. The maximum Gasteiger partial charge on any atom is 0.332 e. The quantitative estimate of drug-likeness (QED) is 0.550. The van der Waals surface area contributed by atoms with Crippen molar-refractivity contribution in [3.8, 4) is 16.8 Å². The highest BCUT2D eigenvalue weighted by Gasteiger charge is 2.09. The van der Waals surface area contributed by atoms with Crippen molar-refractivity contribution in [3.63, 3.8) is 0 Å². The fourth-order valence-electron chi connectivity index (χ4n) is 3.19. The van der Waals surface area contributed by atoms with E-state index in [1.165, 1.54) is 16.8 Å². The van der Waals surface area contributed by atoms with Crippen LogP contribution in [-0.4, -0.2) is 15.5 Å². The molecule has 0 spiro atoms. The van der Waals surface area contributed by atoms with Crippen LogP contribution in [-0.2, 0) is 0 Å². The predicted octanol–water partition coefficient (Wildman–Crippen LogP) is 3.75. The molecule has 0 aliphatic heterocycles. The summed E-state index contributed by atoms with van der Waals surface area (Å²) in [7, 11) is 0. The van der Waals surface area contributed by atoms with Gasteiger partial charge in [0.15, 0.2) is 0 Å². The number of benzene rings is 3. The van der Waals surface area contributed by atoms with E-state index in [9.17, 15) is 14.4 Å². The van der Waals surface area contributed by atoms with Gasteiger partial charge in [-0.2, -0.15) is 0 Å². The van der Waals surface area contributed by atoms with E-state index in [0.717, 1.165) is 16.7 Å². The summed E-state index contributed by atoms with van der Waals surface area (Å²) < 4.78 is 1.32.